The highest BCUT2D eigenvalue weighted by atomic mass is 32.2. The van der Waals surface area contributed by atoms with E-state index in [9.17, 15) is 13.2 Å². The number of nitrogens with one attached hydrogen (secondary N) is 1. The highest BCUT2D eigenvalue weighted by Gasteiger charge is 2.31. The lowest BCUT2D eigenvalue weighted by Gasteiger charge is -2.30. The van der Waals surface area contributed by atoms with E-state index in [1.165, 1.54) is 4.31 Å². The molecular formula is C24H26N2O3S. The third-order valence-corrected chi connectivity index (χ3v) is 7.74. The van der Waals surface area contributed by atoms with E-state index in [0.29, 0.717) is 11.1 Å². The van der Waals surface area contributed by atoms with Gasteiger partial charge in [0.2, 0.25) is 5.91 Å². The van der Waals surface area contributed by atoms with Crippen molar-refractivity contribution in [2.75, 3.05) is 10.8 Å². The van der Waals surface area contributed by atoms with Crippen molar-refractivity contribution in [3.8, 4) is 0 Å². The summed E-state index contributed by atoms with van der Waals surface area (Å²) in [6.07, 6.45) is 3.00. The number of hydrogen-bond donors (Lipinski definition) is 1. The van der Waals surface area contributed by atoms with Crippen LogP contribution in [0.1, 0.15) is 30.4 Å². The molecule has 156 valence electrons. The van der Waals surface area contributed by atoms with E-state index in [-0.39, 0.29) is 23.4 Å². The van der Waals surface area contributed by atoms with Crippen LogP contribution in [0.3, 0.4) is 0 Å². The Morgan fingerprint density at radius 2 is 1.70 bits per heavy atom. The summed E-state index contributed by atoms with van der Waals surface area (Å²) in [5.74, 6) is -0.274. The van der Waals surface area contributed by atoms with Gasteiger partial charge in [0.15, 0.2) is 0 Å². The highest BCUT2D eigenvalue weighted by Crippen LogP contribution is 2.32. The zero-order valence-corrected chi connectivity index (χ0v) is 18.1. The Kier molecular flexibility index (Phi) is 5.52. The second kappa shape index (κ2) is 8.11. The van der Waals surface area contributed by atoms with Crippen LogP contribution in [0.5, 0.6) is 0 Å². The van der Waals surface area contributed by atoms with Crippen LogP contribution >= 0.6 is 0 Å². The van der Waals surface area contributed by atoms with Gasteiger partial charge in [0.1, 0.15) is 6.54 Å². The Morgan fingerprint density at radius 1 is 1.00 bits per heavy atom. The molecule has 1 aliphatic rings. The maximum atomic E-state index is 13.9. The fraction of sp³-hybridized carbons (Fsp3) is 0.292. The molecule has 0 radical (unpaired) electrons. The first-order chi connectivity index (χ1) is 14.4. The standard InChI is InChI=1S/C24H26N2O3S/c1-17-8-5-14-22(18(17)2)26(16-24(27)25-20-11-7-12-20)30(28,29)23-15-6-10-19-9-3-4-13-21(19)23/h3-6,8-10,13-15,20H,7,11-12,16H2,1-2H3,(H,25,27). The first kappa shape index (κ1) is 20.4. The van der Waals surface area contributed by atoms with E-state index in [0.717, 1.165) is 35.8 Å². The number of hydrogen-bond acceptors (Lipinski definition) is 3. The molecule has 3 aromatic rings. The molecule has 1 saturated carbocycles. The molecule has 4 rings (SSSR count). The number of benzene rings is 3. The Morgan fingerprint density at radius 3 is 2.43 bits per heavy atom. The van der Waals surface area contributed by atoms with Crippen molar-refractivity contribution in [1.82, 2.24) is 5.32 Å². The van der Waals surface area contributed by atoms with E-state index in [1.807, 2.05) is 50.2 Å². The van der Waals surface area contributed by atoms with Crippen molar-refractivity contribution in [3.05, 3.63) is 71.8 Å². The second-order valence-corrected chi connectivity index (χ2v) is 9.73. The van der Waals surface area contributed by atoms with Crippen molar-refractivity contribution >= 4 is 32.4 Å². The maximum absolute atomic E-state index is 13.9. The Balaban J connectivity index is 1.81. The fourth-order valence-electron chi connectivity index (χ4n) is 3.80. The number of anilines is 1. The molecule has 1 aliphatic carbocycles. The van der Waals surface area contributed by atoms with Gasteiger partial charge in [-0.15, -0.1) is 0 Å². The zero-order chi connectivity index (χ0) is 21.3. The van der Waals surface area contributed by atoms with Gasteiger partial charge >= 0.3 is 0 Å². The minimum atomic E-state index is -3.97. The van der Waals surface area contributed by atoms with Gasteiger partial charge in [-0.05, 0) is 61.8 Å². The molecule has 0 unspecified atom stereocenters. The Bertz CT molecular complexity index is 1190. The number of aryl methyl sites for hydroxylation is 1. The molecule has 1 N–H and O–H groups in total. The van der Waals surface area contributed by atoms with Crippen molar-refractivity contribution in [2.45, 2.75) is 44.0 Å². The molecule has 3 aromatic carbocycles. The molecule has 0 aliphatic heterocycles. The summed E-state index contributed by atoms with van der Waals surface area (Å²) in [6, 6.07) is 18.3. The van der Waals surface area contributed by atoms with Crippen LogP contribution < -0.4 is 9.62 Å². The van der Waals surface area contributed by atoms with Gasteiger partial charge < -0.3 is 5.32 Å². The SMILES string of the molecule is Cc1cccc(N(CC(=O)NC2CCC2)S(=O)(=O)c2cccc3ccccc23)c1C. The fourth-order valence-corrected chi connectivity index (χ4v) is 5.50. The molecule has 0 heterocycles. The minimum Gasteiger partial charge on any atom is -0.352 e. The van der Waals surface area contributed by atoms with E-state index >= 15 is 0 Å². The van der Waals surface area contributed by atoms with Gasteiger partial charge in [0.25, 0.3) is 10.0 Å². The van der Waals surface area contributed by atoms with Crippen molar-refractivity contribution in [3.63, 3.8) is 0 Å². The number of rotatable bonds is 6. The van der Waals surface area contributed by atoms with Crippen LogP contribution in [-0.4, -0.2) is 26.9 Å². The highest BCUT2D eigenvalue weighted by molar-refractivity contribution is 7.93. The normalized spacial score (nSPS) is 14.3. The average molecular weight is 423 g/mol. The van der Waals surface area contributed by atoms with Gasteiger partial charge in [-0.25, -0.2) is 8.42 Å². The van der Waals surface area contributed by atoms with Gasteiger partial charge in [-0.1, -0.05) is 48.5 Å². The number of sulfonamides is 1. The van der Waals surface area contributed by atoms with Crippen LogP contribution in [0.4, 0.5) is 5.69 Å². The summed E-state index contributed by atoms with van der Waals surface area (Å²) in [7, 11) is -3.97. The monoisotopic (exact) mass is 422 g/mol. The van der Waals surface area contributed by atoms with Crippen molar-refractivity contribution < 1.29 is 13.2 Å². The molecule has 6 heteroatoms. The lowest BCUT2D eigenvalue weighted by Crippen LogP contribution is -2.46. The van der Waals surface area contributed by atoms with Crippen LogP contribution in [0, 0.1) is 13.8 Å². The zero-order valence-electron chi connectivity index (χ0n) is 17.3. The van der Waals surface area contributed by atoms with E-state index in [1.54, 1.807) is 24.3 Å². The molecule has 0 saturated heterocycles. The predicted octanol–water partition coefficient (Wildman–Crippen LogP) is 4.32. The second-order valence-electron chi connectivity index (χ2n) is 7.90. The van der Waals surface area contributed by atoms with Crippen molar-refractivity contribution in [2.24, 2.45) is 0 Å². The molecule has 0 atom stereocenters. The summed E-state index contributed by atoms with van der Waals surface area (Å²) >= 11 is 0. The first-order valence-electron chi connectivity index (χ1n) is 10.2. The largest absolute Gasteiger partial charge is 0.352 e. The van der Waals surface area contributed by atoms with E-state index in [2.05, 4.69) is 5.32 Å². The molecule has 1 amide bonds. The first-order valence-corrected chi connectivity index (χ1v) is 11.7. The number of amides is 1. The Labute approximate surface area is 177 Å². The van der Waals surface area contributed by atoms with Crippen LogP contribution in [-0.2, 0) is 14.8 Å². The summed E-state index contributed by atoms with van der Waals surface area (Å²) < 4.78 is 29.0. The third-order valence-electron chi connectivity index (χ3n) is 5.92. The van der Waals surface area contributed by atoms with Gasteiger partial charge in [-0.2, -0.15) is 0 Å². The summed E-state index contributed by atoms with van der Waals surface area (Å²) in [5, 5.41) is 4.46. The lowest BCUT2D eigenvalue weighted by atomic mass is 9.93. The number of nitrogens with zero attached hydrogens (tertiary/aromatic N) is 1. The molecule has 5 nitrogen and oxygen atoms in total. The Hall–Kier alpha value is -2.86. The number of carbonyl (C=O) groups is 1. The smallest absolute Gasteiger partial charge is 0.265 e. The molecular weight excluding hydrogens is 396 g/mol. The predicted molar refractivity (Wildman–Crippen MR) is 120 cm³/mol. The lowest BCUT2D eigenvalue weighted by molar-refractivity contribution is -0.120. The van der Waals surface area contributed by atoms with E-state index in [4.69, 9.17) is 0 Å². The summed E-state index contributed by atoms with van der Waals surface area (Å²) in [4.78, 5) is 13.0. The number of fused-ring (bicyclic) bond motifs is 1. The topological polar surface area (TPSA) is 66.5 Å². The maximum Gasteiger partial charge on any atom is 0.265 e. The van der Waals surface area contributed by atoms with Gasteiger partial charge in [0, 0.05) is 11.4 Å². The average Bonchev–Trinajstić information content (AvgIpc) is 2.71. The molecule has 0 bridgehead atoms. The summed E-state index contributed by atoms with van der Waals surface area (Å²) in [6.45, 7) is 3.59. The van der Waals surface area contributed by atoms with Crippen molar-refractivity contribution in [1.29, 1.82) is 0 Å². The number of carbonyl (C=O) groups excluding carboxylic acids is 1. The summed E-state index contributed by atoms with van der Waals surface area (Å²) in [5.41, 5.74) is 2.36. The van der Waals surface area contributed by atoms with Crippen LogP contribution in [0.25, 0.3) is 10.8 Å². The quantitative estimate of drug-likeness (QED) is 0.643. The molecule has 1 fully saturated rings. The molecule has 0 spiro atoms. The van der Waals surface area contributed by atoms with Crippen LogP contribution in [0.15, 0.2) is 65.6 Å². The van der Waals surface area contributed by atoms with Crippen LogP contribution in [0.2, 0.25) is 0 Å². The molecule has 30 heavy (non-hydrogen) atoms. The van der Waals surface area contributed by atoms with E-state index < -0.39 is 10.0 Å². The van der Waals surface area contributed by atoms with Gasteiger partial charge in [0.05, 0.1) is 10.6 Å². The minimum absolute atomic E-state index is 0.151. The molecule has 0 aromatic heterocycles. The third kappa shape index (κ3) is 3.79. The van der Waals surface area contributed by atoms with Gasteiger partial charge in [-0.3, -0.25) is 9.10 Å².